The molecule has 0 aromatic carbocycles. The molecule has 0 saturated heterocycles. The standard InChI is InChI=1S/C26H44O4/c1-5-17-21-14-16(27)10-12-26(21,4)20-11-13-25(3)18(15(2)6-9-22(28)29)7-8-19(25)23(20)24(17)30/h15-21,23-24,27,30H,5-14H2,1-4H3,(H,28,29)/t15-,16-,17-,18-,19?,20?,21+,23?,24?,25-,26-/m1/s1/i10D2,14D2. The van der Waals surface area contributed by atoms with E-state index in [9.17, 15) is 20.1 Å². The minimum atomic E-state index is -2.10. The molecule has 4 fully saturated rings. The van der Waals surface area contributed by atoms with Crippen LogP contribution < -0.4 is 0 Å². The molecule has 4 heteroatoms. The summed E-state index contributed by atoms with van der Waals surface area (Å²) in [5.74, 6) is -0.695. The molecule has 4 nitrogen and oxygen atoms in total. The van der Waals surface area contributed by atoms with Gasteiger partial charge in [-0.3, -0.25) is 4.79 Å². The van der Waals surface area contributed by atoms with Crippen LogP contribution in [0.4, 0.5) is 0 Å². The van der Waals surface area contributed by atoms with E-state index < -0.39 is 42.3 Å². The monoisotopic (exact) mass is 424 g/mol. The molecular formula is C26H44O4. The Morgan fingerprint density at radius 2 is 1.80 bits per heavy atom. The summed E-state index contributed by atoms with van der Waals surface area (Å²) < 4.78 is 34.8. The Hall–Kier alpha value is -0.610. The first-order chi connectivity index (χ1) is 15.6. The van der Waals surface area contributed by atoms with Crippen molar-refractivity contribution in [1.82, 2.24) is 0 Å². The molecule has 0 aliphatic heterocycles. The fraction of sp³-hybridized carbons (Fsp3) is 0.962. The Balaban J connectivity index is 1.71. The average molecular weight is 425 g/mol. The molecule has 11 atom stereocenters. The summed E-state index contributed by atoms with van der Waals surface area (Å²) in [5, 5.41) is 31.7. The Labute approximate surface area is 188 Å². The van der Waals surface area contributed by atoms with Gasteiger partial charge in [0, 0.05) is 11.9 Å². The summed E-state index contributed by atoms with van der Waals surface area (Å²) >= 11 is 0. The van der Waals surface area contributed by atoms with E-state index in [-0.39, 0.29) is 41.9 Å². The highest BCUT2D eigenvalue weighted by atomic mass is 16.4. The molecule has 0 aromatic heterocycles. The second kappa shape index (κ2) is 8.06. The van der Waals surface area contributed by atoms with Gasteiger partial charge in [0.25, 0.3) is 0 Å². The van der Waals surface area contributed by atoms with E-state index in [1.165, 1.54) is 0 Å². The molecule has 4 unspecified atom stereocenters. The molecule has 172 valence electrons. The number of hydrogen-bond acceptors (Lipinski definition) is 3. The molecule has 0 radical (unpaired) electrons. The molecule has 0 aromatic rings. The van der Waals surface area contributed by atoms with Crippen LogP contribution in [0.2, 0.25) is 0 Å². The van der Waals surface area contributed by atoms with Crippen molar-refractivity contribution < 1.29 is 25.6 Å². The van der Waals surface area contributed by atoms with Crippen molar-refractivity contribution in [1.29, 1.82) is 0 Å². The van der Waals surface area contributed by atoms with Crippen molar-refractivity contribution in [2.24, 2.45) is 52.3 Å². The van der Waals surface area contributed by atoms with Crippen LogP contribution in [0, 0.1) is 52.3 Å². The number of aliphatic carboxylic acids is 1. The Morgan fingerprint density at radius 1 is 1.10 bits per heavy atom. The van der Waals surface area contributed by atoms with Gasteiger partial charge in [0.05, 0.1) is 12.2 Å². The molecule has 3 N–H and O–H groups in total. The van der Waals surface area contributed by atoms with Gasteiger partial charge in [0.15, 0.2) is 0 Å². The number of hydrogen-bond donors (Lipinski definition) is 3. The van der Waals surface area contributed by atoms with Gasteiger partial charge >= 0.3 is 5.97 Å². The van der Waals surface area contributed by atoms with Gasteiger partial charge in [-0.15, -0.1) is 0 Å². The van der Waals surface area contributed by atoms with E-state index in [1.54, 1.807) is 0 Å². The van der Waals surface area contributed by atoms with Gasteiger partial charge in [0.2, 0.25) is 0 Å². The molecule has 0 spiro atoms. The first-order valence-electron chi connectivity index (χ1n) is 14.2. The normalized spacial score (nSPS) is 56.9. The Kier molecular flexibility index (Phi) is 4.81. The fourth-order valence-corrected chi connectivity index (χ4v) is 8.75. The van der Waals surface area contributed by atoms with Gasteiger partial charge in [-0.1, -0.05) is 34.1 Å². The van der Waals surface area contributed by atoms with E-state index >= 15 is 0 Å². The third-order valence-electron chi connectivity index (χ3n) is 10.2. The minimum Gasteiger partial charge on any atom is -0.481 e. The number of carboxylic acids is 1. The predicted octanol–water partition coefficient (Wildman–Crippen LogP) is 5.11. The summed E-state index contributed by atoms with van der Waals surface area (Å²) in [7, 11) is 0. The zero-order valence-corrected chi connectivity index (χ0v) is 19.1. The first kappa shape index (κ1) is 17.9. The van der Waals surface area contributed by atoms with Crippen molar-refractivity contribution in [3.63, 3.8) is 0 Å². The lowest BCUT2D eigenvalue weighted by Gasteiger charge is -2.64. The van der Waals surface area contributed by atoms with Gasteiger partial charge in [0.1, 0.15) is 0 Å². The molecule has 4 rings (SSSR count). The summed E-state index contributed by atoms with van der Waals surface area (Å²) in [5.41, 5.74) is -0.626. The highest BCUT2D eigenvalue weighted by molar-refractivity contribution is 5.66. The van der Waals surface area contributed by atoms with Gasteiger partial charge in [-0.2, -0.15) is 0 Å². The maximum atomic E-state index is 11.8. The third kappa shape index (κ3) is 3.36. The average Bonchev–Trinajstić information content (AvgIpc) is 3.09. The van der Waals surface area contributed by atoms with Crippen LogP contribution in [0.25, 0.3) is 0 Å². The van der Waals surface area contributed by atoms with Gasteiger partial charge < -0.3 is 15.3 Å². The predicted molar refractivity (Wildman–Crippen MR) is 118 cm³/mol. The smallest absolute Gasteiger partial charge is 0.303 e. The Morgan fingerprint density at radius 3 is 2.47 bits per heavy atom. The lowest BCUT2D eigenvalue weighted by atomic mass is 9.41. The molecule has 4 aliphatic carbocycles. The van der Waals surface area contributed by atoms with E-state index in [0.717, 1.165) is 25.7 Å². The van der Waals surface area contributed by atoms with Crippen molar-refractivity contribution in [2.45, 2.75) is 104 Å². The van der Waals surface area contributed by atoms with E-state index in [0.29, 0.717) is 24.7 Å². The maximum absolute atomic E-state index is 11.8. The summed E-state index contributed by atoms with van der Waals surface area (Å²) in [4.78, 5) is 11.2. The lowest BCUT2D eigenvalue weighted by molar-refractivity contribution is -0.203. The van der Waals surface area contributed by atoms with Crippen LogP contribution in [0.1, 0.15) is 97.3 Å². The van der Waals surface area contributed by atoms with E-state index in [4.69, 9.17) is 5.48 Å². The summed E-state index contributed by atoms with van der Waals surface area (Å²) in [6.45, 7) is 8.51. The van der Waals surface area contributed by atoms with E-state index in [2.05, 4.69) is 13.8 Å². The number of aliphatic hydroxyl groups excluding tert-OH is 2. The number of rotatable bonds is 5. The summed E-state index contributed by atoms with van der Waals surface area (Å²) in [6, 6.07) is 0. The topological polar surface area (TPSA) is 77.8 Å². The molecule has 0 amide bonds. The van der Waals surface area contributed by atoms with E-state index in [1.807, 2.05) is 13.8 Å². The first-order valence-corrected chi connectivity index (χ1v) is 12.2. The van der Waals surface area contributed by atoms with Crippen LogP contribution in [0.15, 0.2) is 0 Å². The zero-order chi connectivity index (χ0) is 25.4. The van der Waals surface area contributed by atoms with Crippen molar-refractivity contribution in [2.75, 3.05) is 0 Å². The quantitative estimate of drug-likeness (QED) is 0.573. The molecule has 4 aliphatic rings. The van der Waals surface area contributed by atoms with Crippen molar-refractivity contribution in [3.8, 4) is 0 Å². The minimum absolute atomic E-state index is 0.00771. The zero-order valence-electron chi connectivity index (χ0n) is 23.1. The summed E-state index contributed by atoms with van der Waals surface area (Å²) in [6.07, 6.45) is -1.15. The van der Waals surface area contributed by atoms with Crippen LogP contribution in [-0.2, 0) is 4.79 Å². The molecular weight excluding hydrogens is 376 g/mol. The van der Waals surface area contributed by atoms with Crippen LogP contribution in [0.3, 0.4) is 0 Å². The van der Waals surface area contributed by atoms with Gasteiger partial charge in [-0.05, 0) is 104 Å². The maximum Gasteiger partial charge on any atom is 0.303 e. The highest BCUT2D eigenvalue weighted by Gasteiger charge is 2.64. The van der Waals surface area contributed by atoms with Gasteiger partial charge in [-0.25, -0.2) is 0 Å². The van der Waals surface area contributed by atoms with Crippen LogP contribution in [0.5, 0.6) is 0 Å². The second-order valence-corrected chi connectivity index (χ2v) is 11.4. The fourth-order valence-electron chi connectivity index (χ4n) is 8.75. The second-order valence-electron chi connectivity index (χ2n) is 11.4. The van der Waals surface area contributed by atoms with Crippen molar-refractivity contribution >= 4 is 5.97 Å². The van der Waals surface area contributed by atoms with Crippen LogP contribution >= 0.6 is 0 Å². The molecule has 30 heavy (non-hydrogen) atoms. The molecule has 0 bridgehead atoms. The SMILES string of the molecule is [2H]C1([2H])C[C@]2(C)C3CC[C@@]4(C)C(CC[C@@H]4[C@H](C)CCC(=O)O)C3C(O)[C@H](CC)[C@@H]2C([2H])([2H])[C@@H]1O. The lowest BCUT2D eigenvalue weighted by Crippen LogP contribution is -2.62. The largest absolute Gasteiger partial charge is 0.481 e. The molecule has 0 heterocycles. The Bertz CT molecular complexity index is 806. The number of carbonyl (C=O) groups is 1. The molecule has 4 saturated carbocycles. The highest BCUT2D eigenvalue weighted by Crippen LogP contribution is 2.69. The number of aliphatic hydroxyl groups is 2. The number of fused-ring (bicyclic) bond motifs is 5. The third-order valence-corrected chi connectivity index (χ3v) is 10.2. The number of carboxylic acid groups (broad SMARTS) is 1. The van der Waals surface area contributed by atoms with Crippen LogP contribution in [-0.4, -0.2) is 33.5 Å². The van der Waals surface area contributed by atoms with Crippen molar-refractivity contribution in [3.05, 3.63) is 0 Å².